The van der Waals surface area contributed by atoms with Gasteiger partial charge in [-0.05, 0) is 18.6 Å². The van der Waals surface area contributed by atoms with Crippen molar-refractivity contribution in [3.05, 3.63) is 41.7 Å². The topological polar surface area (TPSA) is 84.7 Å². The van der Waals surface area contributed by atoms with Gasteiger partial charge in [-0.1, -0.05) is 18.2 Å². The number of hydrogen-bond donors (Lipinski definition) is 1. The Morgan fingerprint density at radius 1 is 1.12 bits per heavy atom. The molecule has 1 N–H and O–H groups in total. The highest BCUT2D eigenvalue weighted by atomic mass is 15.4. The van der Waals surface area contributed by atoms with Gasteiger partial charge in [-0.25, -0.2) is 10.1 Å². The summed E-state index contributed by atoms with van der Waals surface area (Å²) in [4.78, 5) is 13.3. The van der Waals surface area contributed by atoms with Crippen molar-refractivity contribution in [2.24, 2.45) is 0 Å². The van der Waals surface area contributed by atoms with Crippen LogP contribution in [0.1, 0.15) is 11.1 Å². The molecule has 0 radical (unpaired) electrons. The van der Waals surface area contributed by atoms with Crippen LogP contribution >= 0.6 is 0 Å². The molecule has 7 nitrogen and oxygen atoms in total. The molecule has 0 bridgehead atoms. The Kier molecular flexibility index (Phi) is 3.50. The predicted octanol–water partition coefficient (Wildman–Crippen LogP) is 1.86. The first-order valence-electron chi connectivity index (χ1n) is 7.92. The number of piperazine rings is 1. The van der Waals surface area contributed by atoms with Crippen molar-refractivity contribution in [2.75, 3.05) is 36.0 Å². The van der Waals surface area contributed by atoms with Crippen LogP contribution in [0.25, 0.3) is 10.9 Å². The molecule has 1 aliphatic rings. The summed E-state index contributed by atoms with van der Waals surface area (Å²) in [6, 6.07) is 10.3. The molecule has 1 fully saturated rings. The molecule has 0 spiro atoms. The van der Waals surface area contributed by atoms with E-state index in [9.17, 15) is 5.26 Å². The fourth-order valence-electron chi connectivity index (χ4n) is 3.20. The lowest BCUT2D eigenvalue weighted by atomic mass is 10.0. The van der Waals surface area contributed by atoms with E-state index in [4.69, 9.17) is 4.98 Å². The number of nitrogens with zero attached hydrogens (tertiary/aromatic N) is 6. The molecule has 1 saturated heterocycles. The molecule has 0 unspecified atom stereocenters. The Labute approximate surface area is 139 Å². The largest absolute Gasteiger partial charge is 0.352 e. The molecule has 3 aromatic rings. The maximum Gasteiger partial charge on any atom is 0.221 e. The predicted molar refractivity (Wildman–Crippen MR) is 92.0 cm³/mol. The number of rotatable bonds is 2. The van der Waals surface area contributed by atoms with Crippen molar-refractivity contribution in [1.29, 1.82) is 5.26 Å². The molecule has 4 rings (SSSR count). The Hall–Kier alpha value is -3.14. The van der Waals surface area contributed by atoms with E-state index < -0.39 is 0 Å². The van der Waals surface area contributed by atoms with Crippen molar-refractivity contribution >= 4 is 22.7 Å². The number of nitriles is 1. The quantitative estimate of drug-likeness (QED) is 0.776. The van der Waals surface area contributed by atoms with Crippen LogP contribution in [0.15, 0.2) is 30.6 Å². The Morgan fingerprint density at radius 3 is 2.58 bits per heavy atom. The number of H-pyrrole nitrogens is 1. The first-order chi connectivity index (χ1) is 11.8. The minimum absolute atomic E-state index is 0.668. The lowest BCUT2D eigenvalue weighted by Crippen LogP contribution is -2.47. The highest BCUT2D eigenvalue weighted by Crippen LogP contribution is 2.28. The second-order valence-electron chi connectivity index (χ2n) is 5.85. The number of benzene rings is 1. The molecule has 0 amide bonds. The maximum atomic E-state index is 9.64. The van der Waals surface area contributed by atoms with Crippen LogP contribution in [0.3, 0.4) is 0 Å². The van der Waals surface area contributed by atoms with Crippen molar-refractivity contribution < 1.29 is 0 Å². The maximum absolute atomic E-state index is 9.64. The summed E-state index contributed by atoms with van der Waals surface area (Å²) in [6.07, 6.45) is 1.52. The highest BCUT2D eigenvalue weighted by Gasteiger charge is 2.23. The number of aromatic amines is 1. The number of anilines is 2. The summed E-state index contributed by atoms with van der Waals surface area (Å²) < 4.78 is 0. The van der Waals surface area contributed by atoms with Crippen LogP contribution in [-0.2, 0) is 0 Å². The van der Waals surface area contributed by atoms with Crippen LogP contribution in [-0.4, -0.2) is 46.3 Å². The Morgan fingerprint density at radius 2 is 1.88 bits per heavy atom. The van der Waals surface area contributed by atoms with E-state index in [1.54, 1.807) is 0 Å². The molecular formula is C17H17N7. The van der Waals surface area contributed by atoms with Crippen LogP contribution < -0.4 is 9.80 Å². The van der Waals surface area contributed by atoms with Gasteiger partial charge in [-0.3, -0.25) is 0 Å². The molecule has 7 heteroatoms. The van der Waals surface area contributed by atoms with E-state index in [2.05, 4.69) is 31.1 Å². The number of para-hydroxylation sites is 1. The minimum atomic E-state index is 0.668. The third-order valence-corrected chi connectivity index (χ3v) is 4.53. The van der Waals surface area contributed by atoms with Gasteiger partial charge in [0.1, 0.15) is 18.2 Å². The van der Waals surface area contributed by atoms with Crippen LogP contribution in [0.4, 0.5) is 11.8 Å². The average molecular weight is 319 g/mol. The fourth-order valence-corrected chi connectivity index (χ4v) is 3.20. The minimum Gasteiger partial charge on any atom is -0.352 e. The SMILES string of the molecule is Cc1c(C#N)c(N2CCN(c3ncn[nH]3)CC2)nc2ccccc12. The second kappa shape index (κ2) is 5.81. The first-order valence-corrected chi connectivity index (χ1v) is 7.92. The van der Waals surface area contributed by atoms with Gasteiger partial charge in [-0.15, -0.1) is 0 Å². The summed E-state index contributed by atoms with van der Waals surface area (Å²) in [5, 5.41) is 17.5. The average Bonchev–Trinajstić information content (AvgIpc) is 3.16. The second-order valence-corrected chi connectivity index (χ2v) is 5.85. The van der Waals surface area contributed by atoms with Crippen LogP contribution in [0.5, 0.6) is 0 Å². The van der Waals surface area contributed by atoms with Gasteiger partial charge >= 0.3 is 0 Å². The molecular weight excluding hydrogens is 302 g/mol. The van der Waals surface area contributed by atoms with Crippen molar-refractivity contribution in [3.8, 4) is 6.07 Å². The summed E-state index contributed by atoms with van der Waals surface area (Å²) in [7, 11) is 0. The van der Waals surface area contributed by atoms with E-state index in [-0.39, 0.29) is 0 Å². The number of fused-ring (bicyclic) bond motifs is 1. The van der Waals surface area contributed by atoms with Crippen LogP contribution in [0.2, 0.25) is 0 Å². The van der Waals surface area contributed by atoms with Gasteiger partial charge in [-0.2, -0.15) is 15.3 Å². The number of aryl methyl sites for hydroxylation is 1. The molecule has 1 aromatic carbocycles. The summed E-state index contributed by atoms with van der Waals surface area (Å²) in [6.45, 7) is 5.21. The van der Waals surface area contributed by atoms with Gasteiger partial charge in [0.15, 0.2) is 0 Å². The lowest BCUT2D eigenvalue weighted by molar-refractivity contribution is 0.635. The van der Waals surface area contributed by atoms with E-state index >= 15 is 0 Å². The molecule has 3 heterocycles. The molecule has 1 aliphatic heterocycles. The van der Waals surface area contributed by atoms with Gasteiger partial charge in [0.25, 0.3) is 0 Å². The van der Waals surface area contributed by atoms with E-state index in [1.165, 1.54) is 6.33 Å². The van der Waals surface area contributed by atoms with Gasteiger partial charge in [0.05, 0.1) is 11.1 Å². The highest BCUT2D eigenvalue weighted by molar-refractivity contribution is 5.87. The first kappa shape index (κ1) is 14.5. The van der Waals surface area contributed by atoms with Gasteiger partial charge in [0, 0.05) is 31.6 Å². The van der Waals surface area contributed by atoms with Crippen LogP contribution in [0, 0.1) is 18.3 Å². The normalized spacial score (nSPS) is 14.8. The molecule has 0 saturated carbocycles. The summed E-state index contributed by atoms with van der Waals surface area (Å²) >= 11 is 0. The zero-order valence-electron chi connectivity index (χ0n) is 13.4. The number of nitrogens with one attached hydrogen (secondary N) is 1. The molecule has 2 aromatic heterocycles. The van der Waals surface area contributed by atoms with Gasteiger partial charge < -0.3 is 9.80 Å². The Bertz CT molecular complexity index is 903. The molecule has 0 atom stereocenters. The van der Waals surface area contributed by atoms with E-state index in [1.807, 2.05) is 31.2 Å². The van der Waals surface area contributed by atoms with E-state index in [0.29, 0.717) is 5.56 Å². The molecule has 0 aliphatic carbocycles. The van der Waals surface area contributed by atoms with Crippen molar-refractivity contribution in [3.63, 3.8) is 0 Å². The third-order valence-electron chi connectivity index (χ3n) is 4.53. The molecule has 24 heavy (non-hydrogen) atoms. The zero-order chi connectivity index (χ0) is 16.5. The van der Waals surface area contributed by atoms with Crippen molar-refractivity contribution in [2.45, 2.75) is 6.92 Å². The number of hydrogen-bond acceptors (Lipinski definition) is 6. The lowest BCUT2D eigenvalue weighted by Gasteiger charge is -2.35. The smallest absolute Gasteiger partial charge is 0.221 e. The number of aromatic nitrogens is 4. The summed E-state index contributed by atoms with van der Waals surface area (Å²) in [5.41, 5.74) is 2.60. The fraction of sp³-hybridized carbons (Fsp3) is 0.294. The molecule has 120 valence electrons. The number of pyridine rings is 1. The standard InChI is InChI=1S/C17H17N7/c1-12-13-4-2-3-5-15(13)21-16(14(12)10-18)23-6-8-24(9-7-23)17-19-11-20-22-17/h2-5,11H,6-9H2,1H3,(H,19,20,22). The van der Waals surface area contributed by atoms with Gasteiger partial charge in [0.2, 0.25) is 5.95 Å². The monoisotopic (exact) mass is 319 g/mol. The van der Waals surface area contributed by atoms with Crippen molar-refractivity contribution in [1.82, 2.24) is 20.2 Å². The van der Waals surface area contributed by atoms with E-state index in [0.717, 1.165) is 54.4 Å². The third kappa shape index (κ3) is 2.33. The zero-order valence-corrected chi connectivity index (χ0v) is 13.4. The Balaban J connectivity index is 1.66. The summed E-state index contributed by atoms with van der Waals surface area (Å²) in [5.74, 6) is 1.57.